The van der Waals surface area contributed by atoms with Crippen LogP contribution in [0.2, 0.25) is 0 Å². The summed E-state index contributed by atoms with van der Waals surface area (Å²) in [5.74, 6) is -0.679. The topological polar surface area (TPSA) is 62.1 Å². The van der Waals surface area contributed by atoms with Crippen molar-refractivity contribution < 1.29 is 27.8 Å². The van der Waals surface area contributed by atoms with Crippen molar-refractivity contribution in [1.29, 1.82) is 0 Å². The maximum absolute atomic E-state index is 13.7. The lowest BCUT2D eigenvalue weighted by Crippen LogP contribution is -2.57. The van der Waals surface area contributed by atoms with Crippen LogP contribution >= 0.6 is 15.9 Å². The van der Waals surface area contributed by atoms with Crippen LogP contribution in [0, 0.1) is 20.8 Å². The Hall–Kier alpha value is -2.39. The predicted molar refractivity (Wildman–Crippen MR) is 109 cm³/mol. The van der Waals surface area contributed by atoms with Crippen molar-refractivity contribution >= 4 is 27.5 Å². The smallest absolute Gasteiger partial charge is 0.438 e. The average molecular weight is 485 g/mol. The first kappa shape index (κ1) is 22.3. The van der Waals surface area contributed by atoms with Gasteiger partial charge in [0.2, 0.25) is 0 Å². The maximum atomic E-state index is 13.7. The van der Waals surface area contributed by atoms with Gasteiger partial charge in [-0.15, -0.1) is 0 Å². The first-order valence-corrected chi connectivity index (χ1v) is 9.88. The summed E-state index contributed by atoms with van der Waals surface area (Å²) in [7, 11) is 0. The lowest BCUT2D eigenvalue weighted by Gasteiger charge is -2.32. The highest BCUT2D eigenvalue weighted by Gasteiger charge is 2.63. The number of aryl methyl sites for hydroxylation is 3. The molecule has 0 aliphatic carbocycles. The van der Waals surface area contributed by atoms with Crippen molar-refractivity contribution in [3.63, 3.8) is 0 Å². The van der Waals surface area contributed by atoms with E-state index in [0.29, 0.717) is 11.3 Å². The van der Waals surface area contributed by atoms with Gasteiger partial charge in [-0.25, -0.2) is 0 Å². The molecule has 0 fully saturated rings. The number of hydrogen-bond acceptors (Lipinski definition) is 4. The summed E-state index contributed by atoms with van der Waals surface area (Å²) in [6.07, 6.45) is -5.97. The molecule has 30 heavy (non-hydrogen) atoms. The van der Waals surface area contributed by atoms with Gasteiger partial charge in [0.1, 0.15) is 5.75 Å². The molecule has 0 radical (unpaired) electrons. The Kier molecular flexibility index (Phi) is 5.97. The summed E-state index contributed by atoms with van der Waals surface area (Å²) >= 11 is 3.25. The van der Waals surface area contributed by atoms with Crippen LogP contribution in [0.15, 0.2) is 46.0 Å². The number of alkyl halides is 3. The van der Waals surface area contributed by atoms with Crippen LogP contribution in [-0.2, 0) is 4.79 Å². The van der Waals surface area contributed by atoms with Crippen LogP contribution in [-0.4, -0.2) is 40.2 Å². The fourth-order valence-electron chi connectivity index (χ4n) is 3.42. The van der Waals surface area contributed by atoms with Crippen LogP contribution in [0.25, 0.3) is 0 Å². The van der Waals surface area contributed by atoms with Gasteiger partial charge in [0.15, 0.2) is 6.61 Å². The van der Waals surface area contributed by atoms with E-state index in [1.807, 2.05) is 19.1 Å². The molecule has 0 aromatic heterocycles. The van der Waals surface area contributed by atoms with Crippen LogP contribution in [0.3, 0.4) is 0 Å². The Labute approximate surface area is 180 Å². The van der Waals surface area contributed by atoms with Crippen LogP contribution in [0.5, 0.6) is 5.75 Å². The van der Waals surface area contributed by atoms with E-state index in [9.17, 15) is 23.1 Å². The standard InChI is InChI=1S/C21H20BrF3N2O3/c1-12-8-13(2)19(14(3)9-12)30-11-18(28)27-20(29,21(23,24)25)10-17(26-27)15-4-6-16(22)7-5-15/h4-9,29H,10-11H2,1-3H3/t20-/m1/s1. The highest BCUT2D eigenvalue weighted by molar-refractivity contribution is 9.10. The molecule has 1 aliphatic heterocycles. The van der Waals surface area contributed by atoms with E-state index in [1.165, 1.54) is 0 Å². The highest BCUT2D eigenvalue weighted by atomic mass is 79.9. The van der Waals surface area contributed by atoms with E-state index >= 15 is 0 Å². The number of aliphatic hydroxyl groups is 1. The quantitative estimate of drug-likeness (QED) is 0.687. The van der Waals surface area contributed by atoms with Gasteiger partial charge in [-0.2, -0.15) is 23.3 Å². The van der Waals surface area contributed by atoms with Gasteiger partial charge < -0.3 is 9.84 Å². The SMILES string of the molecule is Cc1cc(C)c(OCC(=O)N2N=C(c3ccc(Br)cc3)C[C@@]2(O)C(F)(F)F)c(C)c1. The molecule has 2 aromatic carbocycles. The van der Waals surface area contributed by atoms with E-state index < -0.39 is 30.8 Å². The molecule has 160 valence electrons. The zero-order valence-electron chi connectivity index (χ0n) is 16.5. The first-order chi connectivity index (χ1) is 13.9. The number of rotatable bonds is 4. The first-order valence-electron chi connectivity index (χ1n) is 9.08. The summed E-state index contributed by atoms with van der Waals surface area (Å²) in [4.78, 5) is 12.6. The van der Waals surface area contributed by atoms with Crippen molar-refractivity contribution in [3.05, 3.63) is 63.1 Å². The fraction of sp³-hybridized carbons (Fsp3) is 0.333. The number of carbonyl (C=O) groups excluding carboxylic acids is 1. The third kappa shape index (κ3) is 4.22. The molecule has 0 bridgehead atoms. The van der Waals surface area contributed by atoms with Gasteiger partial charge in [-0.3, -0.25) is 4.79 Å². The van der Waals surface area contributed by atoms with Gasteiger partial charge in [0.25, 0.3) is 11.6 Å². The molecular weight excluding hydrogens is 465 g/mol. The molecule has 1 N–H and O–H groups in total. The van der Waals surface area contributed by atoms with Crippen molar-refractivity contribution in [2.24, 2.45) is 5.10 Å². The summed E-state index contributed by atoms with van der Waals surface area (Å²) in [6, 6.07) is 10.1. The fourth-order valence-corrected chi connectivity index (χ4v) is 3.69. The molecule has 3 rings (SSSR count). The number of nitrogens with zero attached hydrogens (tertiary/aromatic N) is 2. The molecule has 1 aliphatic rings. The Morgan fingerprint density at radius 2 is 1.77 bits per heavy atom. The molecule has 9 heteroatoms. The Bertz CT molecular complexity index is 983. The van der Waals surface area contributed by atoms with E-state index in [0.717, 1.165) is 21.2 Å². The lowest BCUT2D eigenvalue weighted by molar-refractivity contribution is -0.302. The number of hydrazone groups is 1. The molecule has 0 saturated heterocycles. The normalized spacial score (nSPS) is 19.1. The highest BCUT2D eigenvalue weighted by Crippen LogP contribution is 2.41. The Balaban J connectivity index is 1.88. The maximum Gasteiger partial charge on any atom is 0.438 e. The number of carbonyl (C=O) groups is 1. The minimum atomic E-state index is -5.10. The van der Waals surface area contributed by atoms with Crippen molar-refractivity contribution in [2.45, 2.75) is 39.1 Å². The van der Waals surface area contributed by atoms with Gasteiger partial charge in [-0.1, -0.05) is 45.8 Å². The monoisotopic (exact) mass is 484 g/mol. The minimum Gasteiger partial charge on any atom is -0.483 e. The summed E-state index contributed by atoms with van der Waals surface area (Å²) in [5, 5.41) is 14.3. The molecule has 1 atom stereocenters. The van der Waals surface area contributed by atoms with Crippen LogP contribution < -0.4 is 4.74 Å². The number of ether oxygens (including phenoxy) is 1. The zero-order chi connectivity index (χ0) is 22.3. The summed E-state index contributed by atoms with van der Waals surface area (Å²) in [5.41, 5.74) is -0.592. The molecular formula is C21H20BrF3N2O3. The van der Waals surface area contributed by atoms with Gasteiger partial charge in [-0.05, 0) is 49.6 Å². The van der Waals surface area contributed by atoms with E-state index in [4.69, 9.17) is 4.74 Å². The third-order valence-corrected chi connectivity index (χ3v) is 5.33. The van der Waals surface area contributed by atoms with Gasteiger partial charge in [0, 0.05) is 4.47 Å². The second-order valence-electron chi connectivity index (χ2n) is 7.27. The lowest BCUT2D eigenvalue weighted by atomic mass is 10.0. The number of hydrogen-bond donors (Lipinski definition) is 1. The third-order valence-electron chi connectivity index (χ3n) is 4.80. The van der Waals surface area contributed by atoms with E-state index in [-0.39, 0.29) is 10.7 Å². The number of halogens is 4. The molecule has 0 saturated carbocycles. The summed E-state index contributed by atoms with van der Waals surface area (Å²) in [6.45, 7) is 4.78. The molecule has 1 amide bonds. The average Bonchev–Trinajstić information content (AvgIpc) is 3.00. The van der Waals surface area contributed by atoms with Gasteiger partial charge >= 0.3 is 6.18 Å². The van der Waals surface area contributed by atoms with Crippen LogP contribution in [0.4, 0.5) is 13.2 Å². The van der Waals surface area contributed by atoms with Crippen molar-refractivity contribution in [1.82, 2.24) is 5.01 Å². The molecule has 1 heterocycles. The second kappa shape index (κ2) is 8.03. The molecule has 5 nitrogen and oxygen atoms in total. The molecule has 0 unspecified atom stereocenters. The molecule has 0 spiro atoms. The minimum absolute atomic E-state index is 0.0432. The predicted octanol–water partition coefficient (Wildman–Crippen LogP) is 4.64. The Morgan fingerprint density at radius 1 is 1.20 bits per heavy atom. The number of benzene rings is 2. The van der Waals surface area contributed by atoms with E-state index in [1.54, 1.807) is 38.1 Å². The van der Waals surface area contributed by atoms with Crippen molar-refractivity contribution in [2.75, 3.05) is 6.61 Å². The second-order valence-corrected chi connectivity index (χ2v) is 8.18. The van der Waals surface area contributed by atoms with Gasteiger partial charge in [0.05, 0.1) is 12.1 Å². The molecule has 2 aromatic rings. The zero-order valence-corrected chi connectivity index (χ0v) is 18.1. The van der Waals surface area contributed by atoms with Crippen LogP contribution in [0.1, 0.15) is 28.7 Å². The van der Waals surface area contributed by atoms with Crippen molar-refractivity contribution in [3.8, 4) is 5.75 Å². The summed E-state index contributed by atoms with van der Waals surface area (Å²) < 4.78 is 47.3. The van der Waals surface area contributed by atoms with E-state index in [2.05, 4.69) is 21.0 Å². The Morgan fingerprint density at radius 3 is 2.30 bits per heavy atom. The number of amides is 1. The largest absolute Gasteiger partial charge is 0.483 e.